The van der Waals surface area contributed by atoms with Crippen LogP contribution in [0, 0.1) is 6.92 Å². The molecule has 1 rings (SSSR count). The van der Waals surface area contributed by atoms with Gasteiger partial charge in [0.25, 0.3) is 0 Å². The van der Waals surface area contributed by atoms with Gasteiger partial charge in [-0.2, -0.15) is 0 Å². The van der Waals surface area contributed by atoms with Crippen molar-refractivity contribution in [3.63, 3.8) is 0 Å². The van der Waals surface area contributed by atoms with Gasteiger partial charge >= 0.3 is 0 Å². The summed E-state index contributed by atoms with van der Waals surface area (Å²) < 4.78 is 27.2. The van der Waals surface area contributed by atoms with E-state index in [2.05, 4.69) is 4.72 Å². The summed E-state index contributed by atoms with van der Waals surface area (Å²) in [6, 6.07) is 2.75. The Kier molecular flexibility index (Phi) is 5.20. The maximum atomic E-state index is 12.3. The molecule has 5 nitrogen and oxygen atoms in total. The Morgan fingerprint density at radius 3 is 2.53 bits per heavy atom. The first kappa shape index (κ1) is 16.2. The number of rotatable bonds is 5. The number of likely N-dealkylation sites (N-methyl/N-ethyl adjacent to an activating group) is 1. The normalized spacial score (nSPS) is 13.8. The van der Waals surface area contributed by atoms with Crippen LogP contribution in [-0.2, 0) is 10.0 Å². The van der Waals surface area contributed by atoms with Crippen molar-refractivity contribution in [2.75, 3.05) is 26.4 Å². The Morgan fingerprint density at radius 2 is 2.00 bits per heavy atom. The molecule has 0 amide bonds. The summed E-state index contributed by atoms with van der Waals surface area (Å²) in [7, 11) is 0.143. The highest BCUT2D eigenvalue weighted by Crippen LogP contribution is 2.25. The van der Waals surface area contributed by atoms with E-state index in [1.54, 1.807) is 19.9 Å². The summed E-state index contributed by atoms with van der Waals surface area (Å²) in [5.74, 6) is 0. The van der Waals surface area contributed by atoms with E-state index in [0.29, 0.717) is 22.8 Å². The molecule has 0 saturated heterocycles. The second kappa shape index (κ2) is 6.09. The number of benzene rings is 1. The van der Waals surface area contributed by atoms with Gasteiger partial charge in [-0.25, -0.2) is 13.1 Å². The van der Waals surface area contributed by atoms with Crippen LogP contribution in [0.3, 0.4) is 0 Å². The smallest absolute Gasteiger partial charge is 0.241 e. The Morgan fingerprint density at radius 1 is 1.42 bits per heavy atom. The zero-order valence-corrected chi connectivity index (χ0v) is 13.1. The number of nitrogens with zero attached hydrogens (tertiary/aromatic N) is 1. The average molecular weight is 306 g/mol. The number of nitrogens with two attached hydrogens (primary N) is 1. The molecule has 7 heteroatoms. The third-order valence-electron chi connectivity index (χ3n) is 2.65. The van der Waals surface area contributed by atoms with E-state index in [4.69, 9.17) is 17.3 Å². The fraction of sp³-hybridized carbons (Fsp3) is 0.500. The maximum Gasteiger partial charge on any atom is 0.241 e. The zero-order valence-electron chi connectivity index (χ0n) is 11.6. The summed E-state index contributed by atoms with van der Waals surface area (Å²) in [4.78, 5) is 2.04. The highest BCUT2D eigenvalue weighted by molar-refractivity contribution is 7.89. The number of hydrogen-bond acceptors (Lipinski definition) is 4. The van der Waals surface area contributed by atoms with Gasteiger partial charge in [0.05, 0.1) is 4.90 Å². The fourth-order valence-electron chi connectivity index (χ4n) is 1.87. The van der Waals surface area contributed by atoms with E-state index in [1.165, 1.54) is 6.07 Å². The first-order valence-electron chi connectivity index (χ1n) is 5.86. The molecule has 0 aliphatic carbocycles. The van der Waals surface area contributed by atoms with Crippen molar-refractivity contribution in [2.45, 2.75) is 24.8 Å². The van der Waals surface area contributed by atoms with Gasteiger partial charge in [0.2, 0.25) is 10.0 Å². The molecule has 0 fully saturated rings. The van der Waals surface area contributed by atoms with Gasteiger partial charge in [-0.1, -0.05) is 11.6 Å². The van der Waals surface area contributed by atoms with E-state index < -0.39 is 10.0 Å². The summed E-state index contributed by atoms with van der Waals surface area (Å²) in [5, 5.41) is 0.309. The molecule has 0 bridgehead atoms. The molecule has 1 atom stereocenters. The minimum absolute atomic E-state index is 0.128. The Bertz CT molecular complexity index is 558. The van der Waals surface area contributed by atoms with Crippen LogP contribution < -0.4 is 10.5 Å². The van der Waals surface area contributed by atoms with Gasteiger partial charge in [-0.3, -0.25) is 0 Å². The number of anilines is 1. The first-order chi connectivity index (χ1) is 8.63. The van der Waals surface area contributed by atoms with E-state index in [9.17, 15) is 8.42 Å². The molecule has 19 heavy (non-hydrogen) atoms. The third kappa shape index (κ3) is 4.35. The Labute approximate surface area is 119 Å². The summed E-state index contributed by atoms with van der Waals surface area (Å²) in [5.41, 5.74) is 6.62. The summed E-state index contributed by atoms with van der Waals surface area (Å²) in [6.45, 7) is 4.08. The highest BCUT2D eigenvalue weighted by Gasteiger charge is 2.21. The van der Waals surface area contributed by atoms with Crippen molar-refractivity contribution in [3.05, 3.63) is 22.7 Å². The van der Waals surface area contributed by atoms with Gasteiger partial charge in [0.15, 0.2) is 0 Å². The van der Waals surface area contributed by atoms with Gasteiger partial charge in [-0.15, -0.1) is 0 Å². The number of nitrogen functional groups attached to an aromatic ring is 1. The van der Waals surface area contributed by atoms with Gasteiger partial charge in [0.1, 0.15) is 0 Å². The van der Waals surface area contributed by atoms with Crippen LogP contribution in [-0.4, -0.2) is 40.0 Å². The molecule has 0 heterocycles. The molecule has 0 spiro atoms. The van der Waals surface area contributed by atoms with Crippen molar-refractivity contribution in [1.82, 2.24) is 9.62 Å². The topological polar surface area (TPSA) is 75.4 Å². The summed E-state index contributed by atoms with van der Waals surface area (Å²) >= 11 is 5.87. The lowest BCUT2D eigenvalue weighted by atomic mass is 10.2. The van der Waals surface area contributed by atoms with Crippen molar-refractivity contribution in [2.24, 2.45) is 0 Å². The maximum absolute atomic E-state index is 12.3. The summed E-state index contributed by atoms with van der Waals surface area (Å²) in [6.07, 6.45) is 0. The lowest BCUT2D eigenvalue weighted by Crippen LogP contribution is -2.39. The minimum atomic E-state index is -3.62. The van der Waals surface area contributed by atoms with Crippen molar-refractivity contribution in [3.8, 4) is 0 Å². The molecule has 0 aromatic heterocycles. The second-order valence-corrected chi connectivity index (χ2v) is 7.02. The molecule has 108 valence electrons. The van der Waals surface area contributed by atoms with Crippen molar-refractivity contribution < 1.29 is 8.42 Å². The quantitative estimate of drug-likeness (QED) is 0.808. The average Bonchev–Trinajstić information content (AvgIpc) is 2.20. The molecule has 0 aliphatic heterocycles. The van der Waals surface area contributed by atoms with Crippen LogP contribution >= 0.6 is 11.6 Å². The van der Waals surface area contributed by atoms with Crippen LogP contribution in [0.2, 0.25) is 5.02 Å². The predicted octanol–water partition coefficient (Wildman–Crippen LogP) is 1.46. The predicted molar refractivity (Wildman–Crippen MR) is 78.9 cm³/mol. The van der Waals surface area contributed by atoms with Crippen molar-refractivity contribution >= 4 is 27.3 Å². The van der Waals surface area contributed by atoms with E-state index in [-0.39, 0.29) is 10.9 Å². The van der Waals surface area contributed by atoms with Crippen LogP contribution in [0.1, 0.15) is 12.5 Å². The first-order valence-corrected chi connectivity index (χ1v) is 7.72. The number of sulfonamides is 1. The molecular weight excluding hydrogens is 286 g/mol. The molecule has 1 aromatic carbocycles. The number of hydrogen-bond donors (Lipinski definition) is 2. The van der Waals surface area contributed by atoms with Crippen LogP contribution in [0.15, 0.2) is 17.0 Å². The molecule has 1 unspecified atom stereocenters. The van der Waals surface area contributed by atoms with Crippen molar-refractivity contribution in [1.29, 1.82) is 0 Å². The Balaban J connectivity index is 3.07. The molecule has 0 saturated carbocycles. The largest absolute Gasteiger partial charge is 0.398 e. The molecular formula is C12H20ClN3O2S. The van der Waals surface area contributed by atoms with E-state index >= 15 is 0 Å². The van der Waals surface area contributed by atoms with E-state index in [1.807, 2.05) is 19.0 Å². The Hall–Kier alpha value is -0.820. The monoisotopic (exact) mass is 305 g/mol. The van der Waals surface area contributed by atoms with Gasteiger partial charge in [-0.05, 0) is 45.6 Å². The second-order valence-electron chi connectivity index (χ2n) is 4.90. The third-order valence-corrected chi connectivity index (χ3v) is 4.58. The molecule has 0 aliphatic rings. The number of halogens is 1. The highest BCUT2D eigenvalue weighted by atomic mass is 35.5. The fourth-order valence-corrected chi connectivity index (χ4v) is 3.69. The number of nitrogens with one attached hydrogen (secondary N) is 1. The van der Waals surface area contributed by atoms with Gasteiger partial charge in [0, 0.05) is 23.3 Å². The van der Waals surface area contributed by atoms with Crippen LogP contribution in [0.5, 0.6) is 0 Å². The van der Waals surface area contributed by atoms with Gasteiger partial charge < -0.3 is 10.6 Å². The SMILES string of the molecule is Cc1c(N)cc(Cl)cc1S(=O)(=O)NC(C)CN(C)C. The van der Waals surface area contributed by atoms with E-state index in [0.717, 1.165) is 0 Å². The van der Waals surface area contributed by atoms with Crippen LogP contribution in [0.4, 0.5) is 5.69 Å². The molecule has 3 N–H and O–H groups in total. The molecule has 1 aromatic rings. The van der Waals surface area contributed by atoms with Crippen LogP contribution in [0.25, 0.3) is 0 Å². The molecule has 0 radical (unpaired) electrons. The minimum Gasteiger partial charge on any atom is -0.398 e. The lowest BCUT2D eigenvalue weighted by molar-refractivity contribution is 0.370. The zero-order chi connectivity index (χ0) is 14.8. The standard InChI is InChI=1S/C12H20ClN3O2S/c1-8(7-16(3)4)15-19(17,18)12-6-10(13)5-11(14)9(12)2/h5-6,8,15H,7,14H2,1-4H3. The lowest BCUT2D eigenvalue weighted by Gasteiger charge is -2.19.